The molecule has 0 amide bonds. The summed E-state index contributed by atoms with van der Waals surface area (Å²) in [5, 5.41) is 0. The maximum Gasteiger partial charge on any atom is 0.0492 e. The minimum absolute atomic E-state index is 0.899. The topological polar surface area (TPSA) is 3.24 Å². The van der Waals surface area contributed by atoms with Crippen LogP contribution in [0.5, 0.6) is 0 Å². The van der Waals surface area contributed by atoms with Crippen molar-refractivity contribution in [2.24, 2.45) is 5.92 Å². The molecule has 0 aromatic heterocycles. The van der Waals surface area contributed by atoms with Gasteiger partial charge in [-0.15, -0.1) is 24.6 Å². The smallest absolute Gasteiger partial charge is 0.0492 e. The zero-order valence-electron chi connectivity index (χ0n) is 24.8. The predicted octanol–water partition coefficient (Wildman–Crippen LogP) is 11.5. The quantitative estimate of drug-likeness (QED) is 0.250. The zero-order chi connectivity index (χ0) is 27.4. The van der Waals surface area contributed by atoms with Gasteiger partial charge in [-0.05, 0) is 30.2 Å². The molecule has 0 radical (unpaired) electrons. The average molecular weight is 490 g/mol. The molecule has 0 saturated heterocycles. The Morgan fingerprint density at radius 1 is 0.882 bits per heavy atom. The van der Waals surface area contributed by atoms with Crippen LogP contribution in [0.2, 0.25) is 0 Å². The predicted molar refractivity (Wildman–Crippen MR) is 167 cm³/mol. The van der Waals surface area contributed by atoms with Crippen molar-refractivity contribution in [1.82, 2.24) is 0 Å². The van der Waals surface area contributed by atoms with Crippen LogP contribution < -0.4 is 4.90 Å². The van der Waals surface area contributed by atoms with E-state index in [0.717, 1.165) is 11.6 Å². The Morgan fingerprint density at radius 3 is 1.91 bits per heavy atom. The van der Waals surface area contributed by atoms with Gasteiger partial charge in [-0.1, -0.05) is 133 Å². The Labute approximate surface area is 220 Å². The average Bonchev–Trinajstić information content (AvgIpc) is 2.91. The fourth-order valence-electron chi connectivity index (χ4n) is 2.91. The second-order valence-corrected chi connectivity index (χ2v) is 8.48. The van der Waals surface area contributed by atoms with Crippen LogP contribution in [-0.2, 0) is 0 Å². The van der Waals surface area contributed by atoms with Crippen LogP contribution in [0, 0.1) is 18.8 Å². The minimum atomic E-state index is 0.899. The summed E-state index contributed by atoms with van der Waals surface area (Å²) < 4.78 is 0. The lowest BCUT2D eigenvalue weighted by molar-refractivity contribution is 0.477. The first-order chi connectivity index (χ1) is 16.5. The maximum atomic E-state index is 4.17. The lowest BCUT2D eigenvalue weighted by Gasteiger charge is -2.28. The van der Waals surface area contributed by atoms with Crippen LogP contribution in [-0.4, -0.2) is 12.8 Å². The van der Waals surface area contributed by atoms with Gasteiger partial charge in [0.1, 0.15) is 0 Å². The molecule has 0 aliphatic carbocycles. The van der Waals surface area contributed by atoms with Crippen molar-refractivity contribution in [3.63, 3.8) is 0 Å². The molecule has 1 heterocycles. The standard InChI is InChI=1S/C21H31NS.C3H8.3C2H6.C2H2/c1-5-17(2)12-8-6-7-11-15-23-21-16-18(3)22(4)20-14-10-9-13-19(20)21;1-3-2;4*1-2/h9-10,13-14,16-17H,3,5-8,11-12,15H2,1-2,4H3;3H2,1-2H3;3*1-2H3;1-2H. The number of hydrogen-bond donors (Lipinski definition) is 0. The number of unbranched alkanes of at least 4 members (excludes halogenated alkanes) is 3. The number of allylic oxidation sites excluding steroid dienone is 1. The highest BCUT2D eigenvalue weighted by Gasteiger charge is 2.18. The molecule has 0 N–H and O–H groups in total. The van der Waals surface area contributed by atoms with Crippen LogP contribution in [0.3, 0.4) is 0 Å². The molecule has 34 heavy (non-hydrogen) atoms. The van der Waals surface area contributed by atoms with E-state index >= 15 is 0 Å². The molecule has 1 nitrogen and oxygen atoms in total. The molecule has 1 aromatic rings. The van der Waals surface area contributed by atoms with Gasteiger partial charge in [-0.25, -0.2) is 0 Å². The van der Waals surface area contributed by atoms with E-state index in [1.54, 1.807) is 0 Å². The molecular formula is C32H59NS. The van der Waals surface area contributed by atoms with Crippen molar-refractivity contribution in [2.75, 3.05) is 17.7 Å². The highest BCUT2D eigenvalue weighted by molar-refractivity contribution is 8.08. The number of nitrogens with zero attached hydrogens (tertiary/aromatic N) is 1. The van der Waals surface area contributed by atoms with E-state index in [4.69, 9.17) is 0 Å². The molecule has 2 rings (SSSR count). The highest BCUT2D eigenvalue weighted by atomic mass is 32.2. The summed E-state index contributed by atoms with van der Waals surface area (Å²) in [5.74, 6) is 2.11. The van der Waals surface area contributed by atoms with Crippen LogP contribution in [0.4, 0.5) is 5.69 Å². The second kappa shape index (κ2) is 31.4. The van der Waals surface area contributed by atoms with Crippen LogP contribution in [0.1, 0.15) is 120 Å². The van der Waals surface area contributed by atoms with E-state index in [9.17, 15) is 0 Å². The van der Waals surface area contributed by atoms with Crippen molar-refractivity contribution in [2.45, 2.75) is 114 Å². The van der Waals surface area contributed by atoms with Gasteiger partial charge in [0.25, 0.3) is 0 Å². The lowest BCUT2D eigenvalue weighted by Crippen LogP contribution is -2.18. The van der Waals surface area contributed by atoms with Gasteiger partial charge in [0.15, 0.2) is 0 Å². The normalized spacial score (nSPS) is 11.5. The van der Waals surface area contributed by atoms with Crippen molar-refractivity contribution >= 4 is 22.4 Å². The number of terminal acetylenes is 1. The van der Waals surface area contributed by atoms with E-state index in [2.05, 4.69) is 89.4 Å². The van der Waals surface area contributed by atoms with Crippen LogP contribution in [0.25, 0.3) is 4.91 Å². The molecule has 0 bridgehead atoms. The summed E-state index contributed by atoms with van der Waals surface area (Å²) in [7, 11) is 2.09. The first-order valence-electron chi connectivity index (χ1n) is 13.7. The molecule has 1 aliphatic heterocycles. The first kappa shape index (κ1) is 39.6. The van der Waals surface area contributed by atoms with Gasteiger partial charge in [-0.3, -0.25) is 0 Å². The molecule has 1 atom stereocenters. The molecular weight excluding hydrogens is 430 g/mol. The number of hydrogen-bond acceptors (Lipinski definition) is 2. The number of para-hydroxylation sites is 1. The van der Waals surface area contributed by atoms with Crippen LogP contribution >= 0.6 is 11.8 Å². The highest BCUT2D eigenvalue weighted by Crippen LogP contribution is 2.40. The number of fused-ring (bicyclic) bond motifs is 1. The first-order valence-corrected chi connectivity index (χ1v) is 14.7. The molecule has 198 valence electrons. The summed E-state index contributed by atoms with van der Waals surface area (Å²) in [6, 6.07) is 8.64. The number of benzene rings is 1. The minimum Gasteiger partial charge on any atom is -0.345 e. The van der Waals surface area contributed by atoms with Gasteiger partial charge in [-0.2, -0.15) is 0 Å². The summed E-state index contributed by atoms with van der Waals surface area (Å²) in [6.07, 6.45) is 19.7. The van der Waals surface area contributed by atoms with Crippen molar-refractivity contribution in [1.29, 1.82) is 0 Å². The van der Waals surface area contributed by atoms with Crippen LogP contribution in [0.15, 0.2) is 42.6 Å². The molecule has 2 heteroatoms. The van der Waals surface area contributed by atoms with Gasteiger partial charge in [0, 0.05) is 28.9 Å². The lowest BCUT2D eigenvalue weighted by atomic mass is 10.0. The third-order valence-corrected chi connectivity index (χ3v) is 5.95. The van der Waals surface area contributed by atoms with Crippen molar-refractivity contribution < 1.29 is 0 Å². The van der Waals surface area contributed by atoms with Crippen molar-refractivity contribution in [3.05, 3.63) is 48.2 Å². The zero-order valence-corrected chi connectivity index (χ0v) is 25.7. The third-order valence-electron chi connectivity index (χ3n) is 4.81. The monoisotopic (exact) mass is 489 g/mol. The molecule has 0 saturated carbocycles. The maximum absolute atomic E-state index is 4.17. The molecule has 1 aliphatic rings. The van der Waals surface area contributed by atoms with Gasteiger partial charge < -0.3 is 4.90 Å². The van der Waals surface area contributed by atoms with E-state index in [1.165, 1.54) is 66.9 Å². The summed E-state index contributed by atoms with van der Waals surface area (Å²) in [6.45, 7) is 25.1. The molecule has 0 fully saturated rings. The number of likely N-dealkylation sites (N-methyl/N-ethyl adjacent to an activating group) is 1. The molecule has 0 spiro atoms. The Morgan fingerprint density at radius 2 is 1.38 bits per heavy atom. The fraction of sp³-hybridized carbons (Fsp3) is 0.625. The number of rotatable bonds is 9. The summed E-state index contributed by atoms with van der Waals surface area (Å²) >= 11 is 1.99. The Balaban J connectivity index is -0.000000356. The number of anilines is 1. The van der Waals surface area contributed by atoms with E-state index in [-0.39, 0.29) is 0 Å². The Kier molecular flexibility index (Phi) is 36.6. The second-order valence-electron chi connectivity index (χ2n) is 7.35. The van der Waals surface area contributed by atoms with Gasteiger partial charge >= 0.3 is 0 Å². The largest absolute Gasteiger partial charge is 0.345 e. The SMILES string of the molecule is C#C.C=C1C=C(SCCCCCCC(C)CC)c2ccccc2N1C.CC.CC.CC.CCC. The Bertz CT molecular complexity index is 600. The van der Waals surface area contributed by atoms with Gasteiger partial charge in [0.2, 0.25) is 0 Å². The van der Waals surface area contributed by atoms with E-state index in [1.807, 2.05) is 53.3 Å². The molecule has 1 aromatic carbocycles. The van der Waals surface area contributed by atoms with E-state index < -0.39 is 0 Å². The summed E-state index contributed by atoms with van der Waals surface area (Å²) in [5.41, 5.74) is 3.71. The Hall–Kier alpha value is -1.59. The van der Waals surface area contributed by atoms with Gasteiger partial charge in [0.05, 0.1) is 0 Å². The fourth-order valence-corrected chi connectivity index (χ4v) is 4.03. The van der Waals surface area contributed by atoms with Crippen molar-refractivity contribution in [3.8, 4) is 12.8 Å². The number of thioether (sulfide) groups is 1. The summed E-state index contributed by atoms with van der Waals surface area (Å²) in [4.78, 5) is 3.55. The third kappa shape index (κ3) is 18.8. The molecule has 1 unspecified atom stereocenters. The van der Waals surface area contributed by atoms with E-state index in [0.29, 0.717) is 0 Å².